The molecule has 3 heterocycles. The van der Waals surface area contributed by atoms with Gasteiger partial charge in [0.05, 0.1) is 12.1 Å². The van der Waals surface area contributed by atoms with E-state index in [1.54, 1.807) is 0 Å². The summed E-state index contributed by atoms with van der Waals surface area (Å²) in [6, 6.07) is 11.0. The van der Waals surface area contributed by atoms with E-state index in [0.29, 0.717) is 24.0 Å². The van der Waals surface area contributed by atoms with Crippen molar-refractivity contribution in [2.45, 2.75) is 70.1 Å². The van der Waals surface area contributed by atoms with Gasteiger partial charge >= 0.3 is 0 Å². The fraction of sp³-hybridized carbons (Fsp3) is 0.727. The molecule has 0 aromatic heterocycles. The van der Waals surface area contributed by atoms with Crippen molar-refractivity contribution in [1.82, 2.24) is 9.96 Å². The molecular weight excluding hydrogens is 324 g/mol. The Hall–Kier alpha value is -0.940. The van der Waals surface area contributed by atoms with Gasteiger partial charge in [0, 0.05) is 31.0 Å². The summed E-state index contributed by atoms with van der Waals surface area (Å²) in [7, 11) is 2.09. The summed E-state index contributed by atoms with van der Waals surface area (Å²) >= 11 is 0. The molecule has 0 radical (unpaired) electrons. The Morgan fingerprint density at radius 1 is 1.12 bits per heavy atom. The van der Waals surface area contributed by atoms with Crippen molar-refractivity contribution in [3.05, 3.63) is 35.9 Å². The van der Waals surface area contributed by atoms with Crippen LogP contribution in [-0.4, -0.2) is 47.5 Å². The third kappa shape index (κ3) is 2.42. The van der Waals surface area contributed by atoms with Gasteiger partial charge in [0.25, 0.3) is 0 Å². The van der Waals surface area contributed by atoms with Crippen molar-refractivity contribution < 1.29 is 9.57 Å². The Bertz CT molecular complexity index is 663. The second-order valence-electron chi connectivity index (χ2n) is 9.53. The first kappa shape index (κ1) is 17.2. The van der Waals surface area contributed by atoms with E-state index in [-0.39, 0.29) is 17.9 Å². The maximum atomic E-state index is 6.79. The van der Waals surface area contributed by atoms with E-state index in [1.165, 1.54) is 24.8 Å². The van der Waals surface area contributed by atoms with E-state index in [2.05, 4.69) is 68.1 Å². The Morgan fingerprint density at radius 3 is 2.65 bits per heavy atom. The second kappa shape index (κ2) is 6.03. The standard InChI is InChI=1S/C22H32N2O2/c1-14-10-11-17-18(12-14)25-21-19-16(13-24(21)22(17,2)3)20(26-23(19)4)15-8-6-5-7-9-15/h5-9,14,16-21H,10-13H2,1-4H3/t14-,16-,17-,18-,19-,20+,21+/m1/s1. The number of fused-ring (bicyclic) bond motifs is 4. The van der Waals surface area contributed by atoms with E-state index < -0.39 is 0 Å². The summed E-state index contributed by atoms with van der Waals surface area (Å²) in [5, 5.41) is 2.09. The van der Waals surface area contributed by atoms with Crippen LogP contribution in [0.4, 0.5) is 0 Å². The van der Waals surface area contributed by atoms with Crippen LogP contribution in [-0.2, 0) is 9.57 Å². The zero-order valence-electron chi connectivity index (χ0n) is 16.5. The summed E-state index contributed by atoms with van der Waals surface area (Å²) < 4.78 is 6.79. The second-order valence-corrected chi connectivity index (χ2v) is 9.53. The predicted molar refractivity (Wildman–Crippen MR) is 101 cm³/mol. The predicted octanol–water partition coefficient (Wildman–Crippen LogP) is 3.84. The quantitative estimate of drug-likeness (QED) is 0.763. The lowest BCUT2D eigenvalue weighted by molar-refractivity contribution is -0.256. The molecular formula is C22H32N2O2. The first-order valence-electron chi connectivity index (χ1n) is 10.3. The van der Waals surface area contributed by atoms with Gasteiger partial charge in [-0.15, -0.1) is 0 Å². The molecule has 0 unspecified atom stereocenters. The Labute approximate surface area is 157 Å². The van der Waals surface area contributed by atoms with Gasteiger partial charge in [0.1, 0.15) is 12.3 Å². The van der Waals surface area contributed by atoms with E-state index in [4.69, 9.17) is 9.57 Å². The molecule has 142 valence electrons. The highest BCUT2D eigenvalue weighted by Gasteiger charge is 2.62. The van der Waals surface area contributed by atoms with Gasteiger partial charge in [-0.05, 0) is 38.2 Å². The first-order chi connectivity index (χ1) is 12.5. The first-order valence-corrected chi connectivity index (χ1v) is 10.3. The number of hydrogen-bond acceptors (Lipinski definition) is 4. The van der Waals surface area contributed by atoms with Crippen LogP contribution in [0.1, 0.15) is 51.7 Å². The summed E-state index contributed by atoms with van der Waals surface area (Å²) in [6.07, 6.45) is 4.54. The van der Waals surface area contributed by atoms with Crippen molar-refractivity contribution in [2.24, 2.45) is 17.8 Å². The molecule has 0 amide bonds. The van der Waals surface area contributed by atoms with Gasteiger partial charge in [0.2, 0.25) is 0 Å². The minimum Gasteiger partial charge on any atom is -0.358 e. The van der Waals surface area contributed by atoms with Crippen LogP contribution in [0.15, 0.2) is 30.3 Å². The van der Waals surface area contributed by atoms with Gasteiger partial charge < -0.3 is 4.74 Å². The van der Waals surface area contributed by atoms with Crippen LogP contribution in [0.25, 0.3) is 0 Å². The van der Waals surface area contributed by atoms with Gasteiger partial charge in [-0.2, -0.15) is 5.06 Å². The van der Waals surface area contributed by atoms with Crippen LogP contribution >= 0.6 is 0 Å². The maximum Gasteiger partial charge on any atom is 0.129 e. The van der Waals surface area contributed by atoms with Crippen molar-refractivity contribution in [3.8, 4) is 0 Å². The van der Waals surface area contributed by atoms with Crippen molar-refractivity contribution in [2.75, 3.05) is 13.6 Å². The molecule has 7 atom stereocenters. The summed E-state index contributed by atoms with van der Waals surface area (Å²) in [5.41, 5.74) is 1.48. The molecule has 1 aliphatic carbocycles. The van der Waals surface area contributed by atoms with E-state index >= 15 is 0 Å². The molecule has 5 rings (SSSR count). The van der Waals surface area contributed by atoms with Crippen LogP contribution in [0.3, 0.4) is 0 Å². The monoisotopic (exact) mass is 356 g/mol. The highest BCUT2D eigenvalue weighted by molar-refractivity contribution is 5.22. The average molecular weight is 357 g/mol. The summed E-state index contributed by atoms with van der Waals surface area (Å²) in [5.74, 6) is 1.89. The molecule has 1 saturated carbocycles. The van der Waals surface area contributed by atoms with E-state index in [9.17, 15) is 0 Å². The number of ether oxygens (including phenoxy) is 1. The third-order valence-corrected chi connectivity index (χ3v) is 7.68. The highest BCUT2D eigenvalue weighted by Crippen LogP contribution is 2.53. The molecule has 0 spiro atoms. The lowest BCUT2D eigenvalue weighted by Gasteiger charge is -2.56. The molecule has 4 fully saturated rings. The number of rotatable bonds is 1. The Balaban J connectivity index is 1.47. The SMILES string of the molecule is C[C@@H]1CC[C@@H]2[C@@H](C1)O[C@H]1[C@H]3[C@@H](CN1C2(C)C)[C@H](c1ccccc1)ON3C. The molecule has 3 aliphatic heterocycles. The fourth-order valence-corrected chi connectivity index (χ4v) is 6.23. The summed E-state index contributed by atoms with van der Waals surface area (Å²) in [6.45, 7) is 8.35. The largest absolute Gasteiger partial charge is 0.358 e. The number of hydrogen-bond donors (Lipinski definition) is 0. The van der Waals surface area contributed by atoms with Crippen molar-refractivity contribution >= 4 is 0 Å². The zero-order chi connectivity index (χ0) is 18.1. The van der Waals surface area contributed by atoms with E-state index in [0.717, 1.165) is 12.5 Å². The van der Waals surface area contributed by atoms with E-state index in [1.807, 2.05) is 0 Å². The molecule has 4 nitrogen and oxygen atoms in total. The molecule has 4 aliphatic rings. The van der Waals surface area contributed by atoms with Crippen molar-refractivity contribution in [1.29, 1.82) is 0 Å². The average Bonchev–Trinajstić information content (AvgIpc) is 3.14. The number of benzene rings is 1. The molecule has 3 saturated heterocycles. The molecule has 4 heteroatoms. The fourth-order valence-electron chi connectivity index (χ4n) is 6.23. The molecule has 1 aromatic carbocycles. The summed E-state index contributed by atoms with van der Waals surface area (Å²) in [4.78, 5) is 8.98. The lowest BCUT2D eigenvalue weighted by Crippen LogP contribution is -2.64. The van der Waals surface area contributed by atoms with Crippen LogP contribution in [0, 0.1) is 17.8 Å². The highest BCUT2D eigenvalue weighted by atomic mass is 16.7. The Kier molecular flexibility index (Phi) is 3.98. The topological polar surface area (TPSA) is 24.9 Å². The molecule has 0 N–H and O–H groups in total. The maximum absolute atomic E-state index is 6.79. The third-order valence-electron chi connectivity index (χ3n) is 7.68. The minimum atomic E-state index is 0.136. The van der Waals surface area contributed by atoms with Gasteiger partial charge in [-0.3, -0.25) is 9.74 Å². The van der Waals surface area contributed by atoms with Crippen molar-refractivity contribution in [3.63, 3.8) is 0 Å². The normalized spacial score (nSPS) is 45.2. The Morgan fingerprint density at radius 2 is 1.88 bits per heavy atom. The van der Waals surface area contributed by atoms with Crippen LogP contribution < -0.4 is 0 Å². The number of hydroxylamine groups is 2. The minimum absolute atomic E-state index is 0.136. The number of nitrogens with zero attached hydrogens (tertiary/aromatic N) is 2. The molecule has 26 heavy (non-hydrogen) atoms. The molecule has 0 bridgehead atoms. The smallest absolute Gasteiger partial charge is 0.129 e. The van der Waals surface area contributed by atoms with Crippen LogP contribution in [0.5, 0.6) is 0 Å². The lowest BCUT2D eigenvalue weighted by atomic mass is 9.70. The molecule has 1 aromatic rings. The zero-order valence-corrected chi connectivity index (χ0v) is 16.5. The van der Waals surface area contributed by atoms with Gasteiger partial charge in [0.15, 0.2) is 0 Å². The van der Waals surface area contributed by atoms with Crippen LogP contribution in [0.2, 0.25) is 0 Å². The van der Waals surface area contributed by atoms with Gasteiger partial charge in [-0.25, -0.2) is 0 Å². The number of likely N-dealkylation sites (N-methyl/N-ethyl adjacent to an activating group) is 1. The van der Waals surface area contributed by atoms with Gasteiger partial charge in [-0.1, -0.05) is 43.7 Å².